The number of esters is 1. The molecular formula is C14H23NO5. The topological polar surface area (TPSA) is 72.9 Å². The lowest BCUT2D eigenvalue weighted by Crippen LogP contribution is -2.36. The number of carbonyl (C=O) groups excluding carboxylic acids is 3. The van der Waals surface area contributed by atoms with Gasteiger partial charge in [-0.1, -0.05) is 20.8 Å². The molecule has 0 aromatic heterocycles. The van der Waals surface area contributed by atoms with Crippen LogP contribution in [-0.2, 0) is 23.9 Å². The summed E-state index contributed by atoms with van der Waals surface area (Å²) in [6, 6.07) is 0. The van der Waals surface area contributed by atoms with Gasteiger partial charge in [0.25, 0.3) is 0 Å². The fourth-order valence-corrected chi connectivity index (χ4v) is 2.10. The van der Waals surface area contributed by atoms with E-state index in [2.05, 4.69) is 0 Å². The Morgan fingerprint density at radius 1 is 1.25 bits per heavy atom. The molecular weight excluding hydrogens is 262 g/mol. The van der Waals surface area contributed by atoms with Gasteiger partial charge in [0.15, 0.2) is 0 Å². The summed E-state index contributed by atoms with van der Waals surface area (Å²) in [6.45, 7) is 8.17. The number of rotatable bonds is 6. The summed E-state index contributed by atoms with van der Waals surface area (Å²) >= 11 is 0. The molecule has 0 aromatic rings. The minimum absolute atomic E-state index is 0.119. The predicted octanol–water partition coefficient (Wildman–Crippen LogP) is 0.987. The van der Waals surface area contributed by atoms with E-state index >= 15 is 0 Å². The van der Waals surface area contributed by atoms with Gasteiger partial charge in [-0.25, -0.2) is 0 Å². The van der Waals surface area contributed by atoms with E-state index in [0.29, 0.717) is 0 Å². The second kappa shape index (κ2) is 6.83. The largest absolute Gasteiger partial charge is 0.463 e. The van der Waals surface area contributed by atoms with Gasteiger partial charge in [-0.15, -0.1) is 0 Å². The highest BCUT2D eigenvalue weighted by Gasteiger charge is 2.44. The van der Waals surface area contributed by atoms with Gasteiger partial charge >= 0.3 is 5.97 Å². The zero-order valence-electron chi connectivity index (χ0n) is 12.6. The van der Waals surface area contributed by atoms with E-state index in [-0.39, 0.29) is 61.9 Å². The van der Waals surface area contributed by atoms with E-state index in [9.17, 15) is 14.4 Å². The molecule has 0 bridgehead atoms. The van der Waals surface area contributed by atoms with Crippen LogP contribution in [0.4, 0.5) is 0 Å². The Labute approximate surface area is 119 Å². The minimum Gasteiger partial charge on any atom is -0.463 e. The lowest BCUT2D eigenvalue weighted by Gasteiger charge is -2.24. The molecule has 1 rings (SSSR count). The third-order valence-corrected chi connectivity index (χ3v) is 3.28. The summed E-state index contributed by atoms with van der Waals surface area (Å²) in [5.74, 6) is -0.868. The van der Waals surface area contributed by atoms with Crippen molar-refractivity contribution >= 4 is 17.8 Å². The lowest BCUT2D eigenvalue weighted by molar-refractivity contribution is -0.142. The first kappa shape index (κ1) is 16.6. The SMILES string of the molecule is CC(=O)OCCOCCN1C(=O)CC(C(C)(C)C)C1=O. The van der Waals surface area contributed by atoms with Crippen LogP contribution in [0.1, 0.15) is 34.1 Å². The van der Waals surface area contributed by atoms with Crippen molar-refractivity contribution in [1.82, 2.24) is 4.90 Å². The predicted molar refractivity (Wildman–Crippen MR) is 71.7 cm³/mol. The van der Waals surface area contributed by atoms with Crippen LogP contribution >= 0.6 is 0 Å². The van der Waals surface area contributed by atoms with Crippen LogP contribution < -0.4 is 0 Å². The highest BCUT2D eigenvalue weighted by molar-refractivity contribution is 6.03. The fraction of sp³-hybridized carbons (Fsp3) is 0.786. The number of hydrogen-bond donors (Lipinski definition) is 0. The molecule has 6 nitrogen and oxygen atoms in total. The van der Waals surface area contributed by atoms with Crippen molar-refractivity contribution < 1.29 is 23.9 Å². The Bertz CT molecular complexity index is 386. The van der Waals surface area contributed by atoms with Crippen molar-refractivity contribution in [1.29, 1.82) is 0 Å². The van der Waals surface area contributed by atoms with E-state index in [0.717, 1.165) is 0 Å². The maximum absolute atomic E-state index is 12.2. The second-order valence-corrected chi connectivity index (χ2v) is 5.96. The molecule has 6 heteroatoms. The van der Waals surface area contributed by atoms with E-state index in [1.165, 1.54) is 11.8 Å². The van der Waals surface area contributed by atoms with Crippen LogP contribution in [-0.4, -0.2) is 49.0 Å². The van der Waals surface area contributed by atoms with Gasteiger partial charge in [0.1, 0.15) is 6.61 Å². The molecule has 1 atom stereocenters. The summed E-state index contributed by atoms with van der Waals surface area (Å²) in [5, 5.41) is 0. The Morgan fingerprint density at radius 3 is 2.40 bits per heavy atom. The molecule has 1 fully saturated rings. The average molecular weight is 285 g/mol. The molecule has 0 aromatic carbocycles. The number of likely N-dealkylation sites (tertiary alicyclic amines) is 1. The lowest BCUT2D eigenvalue weighted by atomic mass is 9.80. The molecule has 0 radical (unpaired) electrons. The van der Waals surface area contributed by atoms with Crippen molar-refractivity contribution in [2.24, 2.45) is 11.3 Å². The molecule has 1 unspecified atom stereocenters. The van der Waals surface area contributed by atoms with Crippen LogP contribution in [0, 0.1) is 11.3 Å². The van der Waals surface area contributed by atoms with E-state index < -0.39 is 0 Å². The monoisotopic (exact) mass is 285 g/mol. The van der Waals surface area contributed by atoms with Gasteiger partial charge < -0.3 is 9.47 Å². The summed E-state index contributed by atoms with van der Waals surface area (Å²) in [4.78, 5) is 35.8. The zero-order valence-corrected chi connectivity index (χ0v) is 12.6. The summed E-state index contributed by atoms with van der Waals surface area (Å²) in [6.07, 6.45) is 0.274. The van der Waals surface area contributed by atoms with Crippen molar-refractivity contribution in [2.45, 2.75) is 34.1 Å². The number of carbonyl (C=O) groups is 3. The van der Waals surface area contributed by atoms with E-state index in [1.807, 2.05) is 20.8 Å². The zero-order chi connectivity index (χ0) is 15.3. The average Bonchev–Trinajstić information content (AvgIpc) is 2.60. The van der Waals surface area contributed by atoms with Gasteiger partial charge in [-0.2, -0.15) is 0 Å². The number of ether oxygens (including phenoxy) is 2. The molecule has 0 aliphatic carbocycles. The van der Waals surface area contributed by atoms with Crippen molar-refractivity contribution in [3.05, 3.63) is 0 Å². The molecule has 1 aliphatic heterocycles. The van der Waals surface area contributed by atoms with Crippen molar-refractivity contribution in [2.75, 3.05) is 26.4 Å². The third-order valence-electron chi connectivity index (χ3n) is 3.28. The molecule has 2 amide bonds. The van der Waals surface area contributed by atoms with Crippen LogP contribution in [0.15, 0.2) is 0 Å². The highest BCUT2D eigenvalue weighted by Crippen LogP contribution is 2.35. The number of amides is 2. The van der Waals surface area contributed by atoms with Crippen LogP contribution in [0.2, 0.25) is 0 Å². The third kappa shape index (κ3) is 4.59. The second-order valence-electron chi connectivity index (χ2n) is 5.96. The number of hydrogen-bond acceptors (Lipinski definition) is 5. The molecule has 0 saturated carbocycles. The summed E-state index contributed by atoms with van der Waals surface area (Å²) in [7, 11) is 0. The molecule has 114 valence electrons. The van der Waals surface area contributed by atoms with E-state index in [4.69, 9.17) is 9.47 Å². The Balaban J connectivity index is 2.32. The van der Waals surface area contributed by atoms with Crippen molar-refractivity contribution in [3.63, 3.8) is 0 Å². The molecule has 20 heavy (non-hydrogen) atoms. The molecule has 0 spiro atoms. The fourth-order valence-electron chi connectivity index (χ4n) is 2.10. The number of imide groups is 1. The molecule has 1 aliphatic rings. The van der Waals surface area contributed by atoms with Gasteiger partial charge in [-0.05, 0) is 5.41 Å². The van der Waals surface area contributed by atoms with Gasteiger partial charge in [0.05, 0.1) is 25.7 Å². The first-order chi connectivity index (χ1) is 9.23. The standard InChI is InChI=1S/C14H23NO5/c1-10(16)20-8-7-19-6-5-15-12(17)9-11(13(15)18)14(2,3)4/h11H,5-9H2,1-4H3. The van der Waals surface area contributed by atoms with Crippen molar-refractivity contribution in [3.8, 4) is 0 Å². The molecule has 1 heterocycles. The minimum atomic E-state index is -0.355. The first-order valence-corrected chi connectivity index (χ1v) is 6.79. The summed E-state index contributed by atoms with van der Waals surface area (Å²) < 4.78 is 9.95. The Hall–Kier alpha value is -1.43. The van der Waals surface area contributed by atoms with Crippen LogP contribution in [0.5, 0.6) is 0 Å². The van der Waals surface area contributed by atoms with Crippen LogP contribution in [0.3, 0.4) is 0 Å². The van der Waals surface area contributed by atoms with Gasteiger partial charge in [0, 0.05) is 13.3 Å². The maximum atomic E-state index is 12.2. The molecule has 1 saturated heterocycles. The van der Waals surface area contributed by atoms with Gasteiger partial charge in [0.2, 0.25) is 11.8 Å². The van der Waals surface area contributed by atoms with Gasteiger partial charge in [-0.3, -0.25) is 19.3 Å². The highest BCUT2D eigenvalue weighted by atomic mass is 16.6. The Morgan fingerprint density at radius 2 is 1.90 bits per heavy atom. The van der Waals surface area contributed by atoms with E-state index in [1.54, 1.807) is 0 Å². The number of nitrogens with zero attached hydrogens (tertiary/aromatic N) is 1. The molecule has 0 N–H and O–H groups in total. The Kier molecular flexibility index (Phi) is 5.68. The normalized spacial score (nSPS) is 19.6. The van der Waals surface area contributed by atoms with Crippen LogP contribution in [0.25, 0.3) is 0 Å². The quantitative estimate of drug-likeness (QED) is 0.413. The summed E-state index contributed by atoms with van der Waals surface area (Å²) in [5.41, 5.74) is -0.211. The smallest absolute Gasteiger partial charge is 0.302 e. The first-order valence-electron chi connectivity index (χ1n) is 6.79. The maximum Gasteiger partial charge on any atom is 0.302 e.